The summed E-state index contributed by atoms with van der Waals surface area (Å²) in [6.45, 7) is 4.56. The second-order valence-electron chi connectivity index (χ2n) is 6.18. The minimum atomic E-state index is -0.122. The Morgan fingerprint density at radius 2 is 1.96 bits per heavy atom. The Hall–Kier alpha value is -2.76. The molecule has 2 amide bonds. The fraction of sp³-hybridized carbons (Fsp3) is 0.400. The second kappa shape index (κ2) is 9.08. The SMILES string of the molecule is CC[C@H](NC(=O)N(C)Cc1ccncc1C)c1ccc(OC)c(OC)c1. The lowest BCUT2D eigenvalue weighted by Crippen LogP contribution is -2.39. The van der Waals surface area contributed by atoms with Crippen LogP contribution in [0.1, 0.15) is 36.1 Å². The maximum Gasteiger partial charge on any atom is 0.317 e. The number of nitrogens with zero attached hydrogens (tertiary/aromatic N) is 2. The molecule has 6 heteroatoms. The van der Waals surface area contributed by atoms with Gasteiger partial charge < -0.3 is 19.7 Å². The van der Waals surface area contributed by atoms with Crippen LogP contribution in [0.4, 0.5) is 4.79 Å². The Balaban J connectivity index is 2.09. The predicted molar refractivity (Wildman–Crippen MR) is 102 cm³/mol. The number of hydrogen-bond acceptors (Lipinski definition) is 4. The van der Waals surface area contributed by atoms with E-state index in [0.717, 1.165) is 23.1 Å². The van der Waals surface area contributed by atoms with Crippen LogP contribution in [0.25, 0.3) is 0 Å². The summed E-state index contributed by atoms with van der Waals surface area (Å²) in [6.07, 6.45) is 4.31. The van der Waals surface area contributed by atoms with Crippen LogP contribution in [0.2, 0.25) is 0 Å². The van der Waals surface area contributed by atoms with Crippen LogP contribution in [0, 0.1) is 6.92 Å². The van der Waals surface area contributed by atoms with E-state index in [1.54, 1.807) is 38.6 Å². The molecule has 0 aliphatic rings. The largest absolute Gasteiger partial charge is 0.493 e. The quantitative estimate of drug-likeness (QED) is 0.821. The molecule has 0 aliphatic carbocycles. The van der Waals surface area contributed by atoms with E-state index >= 15 is 0 Å². The van der Waals surface area contributed by atoms with E-state index in [9.17, 15) is 4.79 Å². The van der Waals surface area contributed by atoms with Crippen LogP contribution in [0.3, 0.4) is 0 Å². The molecule has 1 N–H and O–H groups in total. The number of nitrogens with one attached hydrogen (secondary N) is 1. The summed E-state index contributed by atoms with van der Waals surface area (Å²) < 4.78 is 10.6. The zero-order valence-corrected chi connectivity index (χ0v) is 16.1. The zero-order valence-electron chi connectivity index (χ0n) is 16.1. The molecule has 0 radical (unpaired) electrons. The molecule has 0 unspecified atom stereocenters. The number of rotatable bonds is 7. The maximum absolute atomic E-state index is 12.6. The first-order valence-corrected chi connectivity index (χ1v) is 8.63. The minimum Gasteiger partial charge on any atom is -0.493 e. The average molecular weight is 357 g/mol. The maximum atomic E-state index is 12.6. The van der Waals surface area contributed by atoms with Crippen LogP contribution in [-0.4, -0.2) is 37.2 Å². The van der Waals surface area contributed by atoms with Crippen LogP contribution in [0.5, 0.6) is 11.5 Å². The number of amides is 2. The van der Waals surface area contributed by atoms with Crippen molar-refractivity contribution in [3.8, 4) is 11.5 Å². The minimum absolute atomic E-state index is 0.108. The molecule has 0 aliphatic heterocycles. The van der Waals surface area contributed by atoms with Crippen LogP contribution in [-0.2, 0) is 6.54 Å². The van der Waals surface area contributed by atoms with Gasteiger partial charge in [0, 0.05) is 26.0 Å². The van der Waals surface area contributed by atoms with E-state index in [4.69, 9.17) is 9.47 Å². The number of hydrogen-bond donors (Lipinski definition) is 1. The Labute approximate surface area is 155 Å². The molecule has 1 aromatic carbocycles. The first-order valence-electron chi connectivity index (χ1n) is 8.63. The number of urea groups is 1. The number of carbonyl (C=O) groups is 1. The highest BCUT2D eigenvalue weighted by Gasteiger charge is 2.18. The van der Waals surface area contributed by atoms with Crippen molar-refractivity contribution in [3.63, 3.8) is 0 Å². The third-order valence-corrected chi connectivity index (χ3v) is 4.41. The van der Waals surface area contributed by atoms with Crippen molar-refractivity contribution >= 4 is 6.03 Å². The Bertz CT molecular complexity index is 749. The molecule has 1 atom stereocenters. The second-order valence-corrected chi connectivity index (χ2v) is 6.18. The lowest BCUT2D eigenvalue weighted by atomic mass is 10.0. The van der Waals surface area contributed by atoms with E-state index in [-0.39, 0.29) is 12.1 Å². The summed E-state index contributed by atoms with van der Waals surface area (Å²) in [5.41, 5.74) is 3.13. The van der Waals surface area contributed by atoms with E-state index in [1.807, 2.05) is 38.1 Å². The summed E-state index contributed by atoms with van der Waals surface area (Å²) in [4.78, 5) is 18.4. The van der Waals surface area contributed by atoms with Crippen LogP contribution >= 0.6 is 0 Å². The van der Waals surface area contributed by atoms with Crippen molar-refractivity contribution in [2.75, 3.05) is 21.3 Å². The number of carbonyl (C=O) groups excluding carboxylic acids is 1. The van der Waals surface area contributed by atoms with E-state index in [1.165, 1.54) is 0 Å². The Morgan fingerprint density at radius 1 is 1.23 bits per heavy atom. The summed E-state index contributed by atoms with van der Waals surface area (Å²) in [5, 5.41) is 3.09. The van der Waals surface area contributed by atoms with Crippen LogP contribution in [0.15, 0.2) is 36.7 Å². The van der Waals surface area contributed by atoms with Crippen molar-refractivity contribution < 1.29 is 14.3 Å². The molecule has 6 nitrogen and oxygen atoms in total. The molecular formula is C20H27N3O3. The predicted octanol–water partition coefficient (Wildman–Crippen LogP) is 3.70. The molecule has 26 heavy (non-hydrogen) atoms. The number of pyridine rings is 1. The highest BCUT2D eigenvalue weighted by molar-refractivity contribution is 5.74. The van der Waals surface area contributed by atoms with Crippen LogP contribution < -0.4 is 14.8 Å². The number of aryl methyl sites for hydroxylation is 1. The van der Waals surface area contributed by atoms with Crippen molar-refractivity contribution in [2.24, 2.45) is 0 Å². The molecular weight excluding hydrogens is 330 g/mol. The first kappa shape index (κ1) is 19.6. The van der Waals surface area contributed by atoms with Gasteiger partial charge in [-0.2, -0.15) is 0 Å². The number of methoxy groups -OCH3 is 2. The van der Waals surface area contributed by atoms with Gasteiger partial charge in [0.25, 0.3) is 0 Å². The van der Waals surface area contributed by atoms with E-state index in [0.29, 0.717) is 18.0 Å². The highest BCUT2D eigenvalue weighted by Crippen LogP contribution is 2.30. The average Bonchev–Trinajstić information content (AvgIpc) is 2.67. The molecule has 0 spiro atoms. The van der Waals surface area contributed by atoms with Crippen molar-refractivity contribution in [1.29, 1.82) is 0 Å². The van der Waals surface area contributed by atoms with Crippen molar-refractivity contribution in [2.45, 2.75) is 32.9 Å². The smallest absolute Gasteiger partial charge is 0.317 e. The lowest BCUT2D eigenvalue weighted by Gasteiger charge is -2.24. The topological polar surface area (TPSA) is 63.7 Å². The summed E-state index contributed by atoms with van der Waals surface area (Å²) in [5.74, 6) is 1.32. The van der Waals surface area contributed by atoms with Gasteiger partial charge in [0.15, 0.2) is 11.5 Å². The molecule has 2 rings (SSSR count). The molecule has 140 valence electrons. The molecule has 0 fully saturated rings. The fourth-order valence-electron chi connectivity index (χ4n) is 2.76. The monoisotopic (exact) mass is 357 g/mol. The van der Waals surface area contributed by atoms with Gasteiger partial charge in [-0.3, -0.25) is 4.98 Å². The fourth-order valence-corrected chi connectivity index (χ4v) is 2.76. The standard InChI is InChI=1S/C20H27N3O3/c1-6-17(15-7-8-18(25-4)19(11-15)26-5)22-20(24)23(3)13-16-9-10-21-12-14(16)2/h7-12,17H,6,13H2,1-5H3,(H,22,24)/t17-/m0/s1. The number of aromatic nitrogens is 1. The summed E-state index contributed by atoms with van der Waals surface area (Å²) in [6, 6.07) is 7.41. The van der Waals surface area contributed by atoms with Gasteiger partial charge in [0.1, 0.15) is 0 Å². The van der Waals surface area contributed by atoms with Crippen molar-refractivity contribution in [3.05, 3.63) is 53.3 Å². The van der Waals surface area contributed by atoms with Gasteiger partial charge in [0.05, 0.1) is 20.3 Å². The Morgan fingerprint density at radius 3 is 2.58 bits per heavy atom. The van der Waals surface area contributed by atoms with Gasteiger partial charge in [0.2, 0.25) is 0 Å². The summed E-state index contributed by atoms with van der Waals surface area (Å²) in [7, 11) is 5.00. The third kappa shape index (κ3) is 4.65. The zero-order chi connectivity index (χ0) is 19.1. The van der Waals surface area contributed by atoms with E-state index in [2.05, 4.69) is 10.3 Å². The van der Waals surface area contributed by atoms with Crippen molar-refractivity contribution in [1.82, 2.24) is 15.2 Å². The van der Waals surface area contributed by atoms with Gasteiger partial charge in [-0.25, -0.2) is 4.79 Å². The van der Waals surface area contributed by atoms with Gasteiger partial charge in [-0.1, -0.05) is 13.0 Å². The van der Waals surface area contributed by atoms with Gasteiger partial charge >= 0.3 is 6.03 Å². The molecule has 0 bridgehead atoms. The lowest BCUT2D eigenvalue weighted by molar-refractivity contribution is 0.202. The molecule has 1 aromatic heterocycles. The normalized spacial score (nSPS) is 11.6. The number of benzene rings is 1. The third-order valence-electron chi connectivity index (χ3n) is 4.41. The van der Waals surface area contributed by atoms with Gasteiger partial charge in [-0.05, 0) is 48.2 Å². The first-order chi connectivity index (χ1) is 12.5. The summed E-state index contributed by atoms with van der Waals surface area (Å²) >= 11 is 0. The molecule has 2 aromatic rings. The molecule has 0 saturated carbocycles. The molecule has 1 heterocycles. The highest BCUT2D eigenvalue weighted by atomic mass is 16.5. The van der Waals surface area contributed by atoms with E-state index < -0.39 is 0 Å². The number of ether oxygens (including phenoxy) is 2. The Kier molecular flexibility index (Phi) is 6.83. The molecule has 0 saturated heterocycles. The van der Waals surface area contributed by atoms with Gasteiger partial charge in [-0.15, -0.1) is 0 Å².